The zero-order valence-electron chi connectivity index (χ0n) is 21.3. The summed E-state index contributed by atoms with van der Waals surface area (Å²) in [6.07, 6.45) is 6.85. The predicted octanol–water partition coefficient (Wildman–Crippen LogP) is 2.74. The molecule has 3 N–H and O–H groups in total. The third kappa shape index (κ3) is 5.99. The Kier molecular flexibility index (Phi) is 7.97. The minimum atomic E-state index is -0.623. The van der Waals surface area contributed by atoms with Crippen LogP contribution < -0.4 is 10.6 Å². The molecule has 190 valence electrons. The summed E-state index contributed by atoms with van der Waals surface area (Å²) in [5.74, 6) is 0.526. The molecule has 4 rings (SSSR count). The van der Waals surface area contributed by atoms with Crippen LogP contribution >= 0.6 is 0 Å². The van der Waals surface area contributed by atoms with Crippen LogP contribution in [-0.4, -0.2) is 71.9 Å². The second-order valence-corrected chi connectivity index (χ2v) is 11.7. The molecule has 4 atom stereocenters. The molecule has 1 aromatic rings. The summed E-state index contributed by atoms with van der Waals surface area (Å²) in [4.78, 5) is 19.7. The SMILES string of the molecule is CC1(O)CCC2(CCC(=O)NCCN3CCOCC3)C(NCc3ccccn3)CC(C)(C)C2C1. The minimum absolute atomic E-state index is 0.0159. The highest BCUT2D eigenvalue weighted by molar-refractivity contribution is 5.75. The largest absolute Gasteiger partial charge is 0.390 e. The molecule has 7 heteroatoms. The number of nitrogens with one attached hydrogen (secondary N) is 2. The van der Waals surface area contributed by atoms with E-state index in [0.717, 1.165) is 77.2 Å². The molecule has 1 aliphatic heterocycles. The zero-order valence-corrected chi connectivity index (χ0v) is 21.3. The highest BCUT2D eigenvalue weighted by atomic mass is 16.5. The van der Waals surface area contributed by atoms with Crippen LogP contribution in [0.1, 0.15) is 65.0 Å². The fourth-order valence-electron chi connectivity index (χ4n) is 6.86. The minimum Gasteiger partial charge on any atom is -0.390 e. The number of nitrogens with zero attached hydrogens (tertiary/aromatic N) is 2. The highest BCUT2D eigenvalue weighted by Gasteiger charge is 2.61. The van der Waals surface area contributed by atoms with E-state index in [0.29, 0.717) is 24.9 Å². The summed E-state index contributed by atoms with van der Waals surface area (Å²) >= 11 is 0. The Bertz CT molecular complexity index is 809. The molecule has 0 aromatic carbocycles. The first-order valence-corrected chi connectivity index (χ1v) is 13.1. The number of fused-ring (bicyclic) bond motifs is 1. The molecule has 0 radical (unpaired) electrons. The van der Waals surface area contributed by atoms with Crippen molar-refractivity contribution in [3.63, 3.8) is 0 Å². The monoisotopic (exact) mass is 472 g/mol. The van der Waals surface area contributed by atoms with Crippen molar-refractivity contribution in [2.75, 3.05) is 39.4 Å². The molecule has 1 amide bonds. The number of amides is 1. The van der Waals surface area contributed by atoms with E-state index in [-0.39, 0.29) is 16.7 Å². The van der Waals surface area contributed by atoms with Gasteiger partial charge in [-0.15, -0.1) is 0 Å². The van der Waals surface area contributed by atoms with Crippen LogP contribution in [0.5, 0.6) is 0 Å². The van der Waals surface area contributed by atoms with Gasteiger partial charge in [0.2, 0.25) is 5.91 Å². The van der Waals surface area contributed by atoms with Gasteiger partial charge in [-0.25, -0.2) is 0 Å². The van der Waals surface area contributed by atoms with Crippen LogP contribution in [-0.2, 0) is 16.1 Å². The van der Waals surface area contributed by atoms with E-state index in [1.807, 2.05) is 25.3 Å². The van der Waals surface area contributed by atoms with Gasteiger partial charge in [0.25, 0.3) is 0 Å². The molecule has 0 bridgehead atoms. The highest BCUT2D eigenvalue weighted by Crippen LogP contribution is 2.63. The number of ether oxygens (including phenoxy) is 1. The van der Waals surface area contributed by atoms with E-state index in [4.69, 9.17) is 4.74 Å². The van der Waals surface area contributed by atoms with Gasteiger partial charge in [-0.3, -0.25) is 14.7 Å². The number of hydrogen-bond acceptors (Lipinski definition) is 6. The lowest BCUT2D eigenvalue weighted by Gasteiger charge is -2.51. The molecule has 2 saturated carbocycles. The summed E-state index contributed by atoms with van der Waals surface area (Å²) in [6, 6.07) is 6.35. The molecule has 3 fully saturated rings. The molecule has 1 aromatic heterocycles. The van der Waals surface area contributed by atoms with Crippen molar-refractivity contribution in [1.29, 1.82) is 0 Å². The zero-order chi connectivity index (χ0) is 24.2. The van der Waals surface area contributed by atoms with Gasteiger partial charge in [-0.2, -0.15) is 0 Å². The van der Waals surface area contributed by atoms with Gasteiger partial charge < -0.3 is 20.5 Å². The molecule has 7 nitrogen and oxygen atoms in total. The first-order valence-electron chi connectivity index (χ1n) is 13.1. The topological polar surface area (TPSA) is 86.7 Å². The Labute approximate surface area is 205 Å². The molecule has 2 heterocycles. The lowest BCUT2D eigenvalue weighted by atomic mass is 9.57. The normalized spacial score (nSPS) is 33.4. The summed E-state index contributed by atoms with van der Waals surface area (Å²) in [5.41, 5.74) is 0.547. The average molecular weight is 473 g/mol. The van der Waals surface area contributed by atoms with Crippen molar-refractivity contribution in [1.82, 2.24) is 20.5 Å². The first kappa shape index (κ1) is 25.5. The first-order chi connectivity index (χ1) is 16.2. The van der Waals surface area contributed by atoms with E-state index in [2.05, 4.69) is 40.4 Å². The van der Waals surface area contributed by atoms with Gasteiger partial charge in [0.1, 0.15) is 0 Å². The number of aliphatic hydroxyl groups is 1. The maximum atomic E-state index is 12.9. The Hall–Kier alpha value is -1.54. The van der Waals surface area contributed by atoms with Crippen molar-refractivity contribution in [2.24, 2.45) is 16.7 Å². The van der Waals surface area contributed by atoms with E-state index in [9.17, 15) is 9.90 Å². The molecule has 0 spiro atoms. The number of carbonyl (C=O) groups excluding carboxylic acids is 1. The van der Waals surface area contributed by atoms with Crippen molar-refractivity contribution in [2.45, 2.75) is 77.5 Å². The van der Waals surface area contributed by atoms with Crippen molar-refractivity contribution in [3.05, 3.63) is 30.1 Å². The van der Waals surface area contributed by atoms with Crippen LogP contribution in [0.15, 0.2) is 24.4 Å². The van der Waals surface area contributed by atoms with Crippen LogP contribution in [0, 0.1) is 16.7 Å². The van der Waals surface area contributed by atoms with E-state index < -0.39 is 5.60 Å². The number of morpholine rings is 1. The smallest absolute Gasteiger partial charge is 0.220 e. The van der Waals surface area contributed by atoms with Crippen LogP contribution in [0.2, 0.25) is 0 Å². The Morgan fingerprint density at radius 3 is 2.74 bits per heavy atom. The molecule has 34 heavy (non-hydrogen) atoms. The third-order valence-electron chi connectivity index (χ3n) is 8.76. The summed E-state index contributed by atoms with van der Waals surface area (Å²) in [7, 11) is 0. The summed E-state index contributed by atoms with van der Waals surface area (Å²) in [6.45, 7) is 12.4. The number of hydrogen-bond donors (Lipinski definition) is 3. The number of pyridine rings is 1. The average Bonchev–Trinajstić information content (AvgIpc) is 3.03. The number of rotatable bonds is 9. The molecule has 4 unspecified atom stereocenters. The van der Waals surface area contributed by atoms with Crippen molar-refractivity contribution < 1.29 is 14.6 Å². The van der Waals surface area contributed by atoms with Gasteiger partial charge in [0, 0.05) is 51.4 Å². The fourth-order valence-corrected chi connectivity index (χ4v) is 6.86. The van der Waals surface area contributed by atoms with Gasteiger partial charge in [-0.05, 0) is 67.9 Å². The van der Waals surface area contributed by atoms with Crippen molar-refractivity contribution in [3.8, 4) is 0 Å². The predicted molar refractivity (Wildman–Crippen MR) is 133 cm³/mol. The van der Waals surface area contributed by atoms with Gasteiger partial charge in [0.05, 0.1) is 24.5 Å². The quantitative estimate of drug-likeness (QED) is 0.512. The lowest BCUT2D eigenvalue weighted by molar-refractivity contribution is -0.123. The van der Waals surface area contributed by atoms with Gasteiger partial charge in [-0.1, -0.05) is 19.9 Å². The molecular formula is C27H44N4O3. The van der Waals surface area contributed by atoms with E-state index >= 15 is 0 Å². The van der Waals surface area contributed by atoms with Crippen LogP contribution in [0.4, 0.5) is 0 Å². The van der Waals surface area contributed by atoms with E-state index in [1.54, 1.807) is 0 Å². The fraction of sp³-hybridized carbons (Fsp3) is 0.778. The molecule has 2 aliphatic carbocycles. The maximum absolute atomic E-state index is 12.9. The molecular weight excluding hydrogens is 428 g/mol. The van der Waals surface area contributed by atoms with Crippen molar-refractivity contribution >= 4 is 5.91 Å². The third-order valence-corrected chi connectivity index (χ3v) is 8.76. The summed E-state index contributed by atoms with van der Waals surface area (Å²) < 4.78 is 5.41. The summed E-state index contributed by atoms with van der Waals surface area (Å²) in [5, 5.41) is 17.9. The van der Waals surface area contributed by atoms with E-state index in [1.165, 1.54) is 0 Å². The standard InChI is InChI=1S/C27H44N4O3/c1-25(2)19-23(30-20-21-6-4-5-11-28-21)27(10-9-26(3,33)18-22(25)27)8-7-24(32)29-12-13-31-14-16-34-17-15-31/h4-6,11,22-23,30,33H,7-10,12-20H2,1-3H3,(H,29,32). The van der Waals surface area contributed by atoms with Gasteiger partial charge in [0.15, 0.2) is 0 Å². The molecule has 3 aliphatic rings. The maximum Gasteiger partial charge on any atom is 0.220 e. The number of carbonyl (C=O) groups is 1. The number of aromatic nitrogens is 1. The molecule has 1 saturated heterocycles. The Morgan fingerprint density at radius 2 is 2.00 bits per heavy atom. The van der Waals surface area contributed by atoms with Crippen LogP contribution in [0.3, 0.4) is 0 Å². The Morgan fingerprint density at radius 1 is 1.21 bits per heavy atom. The van der Waals surface area contributed by atoms with Crippen LogP contribution in [0.25, 0.3) is 0 Å². The van der Waals surface area contributed by atoms with Gasteiger partial charge >= 0.3 is 0 Å². The lowest BCUT2D eigenvalue weighted by Crippen LogP contribution is -2.51. The Balaban J connectivity index is 1.40. The second kappa shape index (κ2) is 10.6. The second-order valence-electron chi connectivity index (χ2n) is 11.7.